The molecule has 0 spiro atoms. The van der Waals surface area contributed by atoms with Gasteiger partial charge in [-0.05, 0) is 42.5 Å². The molecule has 0 atom stereocenters. The Morgan fingerprint density at radius 2 is 1.91 bits per heavy atom. The van der Waals surface area contributed by atoms with E-state index in [0.29, 0.717) is 29.7 Å². The van der Waals surface area contributed by atoms with Gasteiger partial charge in [-0.2, -0.15) is 0 Å². The Morgan fingerprint density at radius 3 is 2.52 bits per heavy atom. The number of aliphatic hydroxyl groups excluding tert-OH is 1. The molecule has 23 heavy (non-hydrogen) atoms. The zero-order valence-corrected chi connectivity index (χ0v) is 13.6. The van der Waals surface area contributed by atoms with Gasteiger partial charge in [0.2, 0.25) is 0 Å². The fourth-order valence-corrected chi connectivity index (χ4v) is 2.72. The zero-order valence-electron chi connectivity index (χ0n) is 12.1. The van der Waals surface area contributed by atoms with E-state index >= 15 is 0 Å². The number of allylic oxidation sites excluding steroid dienone is 3. The summed E-state index contributed by atoms with van der Waals surface area (Å²) in [7, 11) is 0. The topological polar surface area (TPSA) is 96.5 Å². The van der Waals surface area contributed by atoms with Crippen molar-refractivity contribution in [3.63, 3.8) is 0 Å². The molecule has 0 unspecified atom stereocenters. The van der Waals surface area contributed by atoms with Crippen molar-refractivity contribution in [1.82, 2.24) is 5.23 Å². The van der Waals surface area contributed by atoms with E-state index in [4.69, 9.17) is 38.7 Å². The summed E-state index contributed by atoms with van der Waals surface area (Å²) >= 11 is 12.3. The van der Waals surface area contributed by atoms with Crippen molar-refractivity contribution >= 4 is 34.6 Å². The van der Waals surface area contributed by atoms with E-state index in [0.717, 1.165) is 0 Å². The molecule has 1 aliphatic carbocycles. The number of hydrogen-bond donors (Lipinski definition) is 4. The van der Waals surface area contributed by atoms with Gasteiger partial charge in [0.05, 0.1) is 16.4 Å². The molecule has 124 valence electrons. The van der Waals surface area contributed by atoms with Crippen molar-refractivity contribution in [3.05, 3.63) is 45.6 Å². The summed E-state index contributed by atoms with van der Waals surface area (Å²) in [6, 6.07) is 1.38. The molecule has 6 nitrogen and oxygen atoms in total. The van der Waals surface area contributed by atoms with Gasteiger partial charge in [-0.25, -0.2) is 4.99 Å². The van der Waals surface area contributed by atoms with Gasteiger partial charge in [-0.3, -0.25) is 10.4 Å². The summed E-state index contributed by atoms with van der Waals surface area (Å²) in [5, 5.41) is 37.4. The third-order valence-corrected chi connectivity index (χ3v) is 4.25. The Hall–Kier alpha value is -1.57. The number of aliphatic imine (C=N–C) groups is 1. The van der Waals surface area contributed by atoms with Crippen molar-refractivity contribution in [2.45, 2.75) is 19.3 Å². The molecule has 0 aliphatic heterocycles. The molecular formula is C15H16Cl2N2O4. The van der Waals surface area contributed by atoms with E-state index in [-0.39, 0.29) is 45.4 Å². The number of rotatable bonds is 4. The van der Waals surface area contributed by atoms with Crippen molar-refractivity contribution in [2.24, 2.45) is 4.99 Å². The molecule has 0 radical (unpaired) electrons. The lowest BCUT2D eigenvalue weighted by molar-refractivity contribution is -0.280. The van der Waals surface area contributed by atoms with Crippen LogP contribution in [0.3, 0.4) is 0 Å². The molecule has 1 aromatic rings. The predicted molar refractivity (Wildman–Crippen MR) is 87.9 cm³/mol. The Kier molecular flexibility index (Phi) is 5.67. The number of hydrogen-bond acceptors (Lipinski definition) is 6. The predicted octanol–water partition coefficient (Wildman–Crippen LogP) is 3.62. The first kappa shape index (κ1) is 17.8. The molecule has 2 rings (SSSR count). The summed E-state index contributed by atoms with van der Waals surface area (Å²) in [6.07, 6.45) is 2.58. The number of halogens is 2. The third kappa shape index (κ3) is 3.85. The standard InChI is InChI=1S/C15H16Cl2N2O4/c1-8-2-3-10(19(22)23)7-11(8)18-15-13(16)9(4-5-20)6-12(21)14(15)17/h6-7,20-23H,1-5H2. The van der Waals surface area contributed by atoms with Gasteiger partial charge in [0.1, 0.15) is 16.5 Å². The first-order chi connectivity index (χ1) is 10.8. The molecule has 0 heterocycles. The van der Waals surface area contributed by atoms with Crippen LogP contribution in [-0.2, 0) is 6.42 Å². The minimum Gasteiger partial charge on any atom is -0.506 e. The molecule has 0 fully saturated rings. The maximum atomic E-state index is 9.90. The lowest BCUT2D eigenvalue weighted by Crippen LogP contribution is -2.18. The molecule has 0 amide bonds. The van der Waals surface area contributed by atoms with Crippen molar-refractivity contribution < 1.29 is 20.6 Å². The van der Waals surface area contributed by atoms with E-state index in [2.05, 4.69) is 11.6 Å². The highest BCUT2D eigenvalue weighted by molar-refractivity contribution is 6.40. The minimum atomic E-state index is -0.199. The second kappa shape index (κ2) is 7.33. The van der Waals surface area contributed by atoms with E-state index in [1.807, 2.05) is 0 Å². The third-order valence-electron chi connectivity index (χ3n) is 3.45. The lowest BCUT2D eigenvalue weighted by atomic mass is 9.98. The highest BCUT2D eigenvalue weighted by atomic mass is 35.5. The van der Waals surface area contributed by atoms with Crippen LogP contribution in [0, 0.1) is 0 Å². The van der Waals surface area contributed by atoms with Crippen LogP contribution in [0.25, 0.3) is 0 Å². The van der Waals surface area contributed by atoms with E-state index < -0.39 is 0 Å². The maximum Gasteiger partial charge on any atom is 0.136 e. The Balaban J connectivity index is 2.57. The van der Waals surface area contributed by atoms with Crippen LogP contribution in [0.5, 0.6) is 5.75 Å². The SMILES string of the molecule is C=C1CCC(N(O)O)=CC1=Nc1c(Cl)c(O)cc(CCO)c1Cl. The number of phenolic OH excluding ortho intramolecular Hbond substituents is 1. The first-order valence-electron chi connectivity index (χ1n) is 6.81. The highest BCUT2D eigenvalue weighted by Crippen LogP contribution is 2.42. The average Bonchev–Trinajstić information content (AvgIpc) is 2.50. The van der Waals surface area contributed by atoms with Gasteiger partial charge in [-0.1, -0.05) is 29.8 Å². The summed E-state index contributed by atoms with van der Waals surface area (Å²) in [4.78, 5) is 4.32. The molecule has 0 saturated carbocycles. The quantitative estimate of drug-likeness (QED) is 0.616. The molecule has 1 aliphatic rings. The van der Waals surface area contributed by atoms with Crippen LogP contribution >= 0.6 is 23.2 Å². The van der Waals surface area contributed by atoms with Gasteiger partial charge in [0, 0.05) is 6.61 Å². The zero-order chi connectivity index (χ0) is 17.1. The Labute approximate surface area is 143 Å². The van der Waals surface area contributed by atoms with Crippen LogP contribution in [0.4, 0.5) is 5.69 Å². The summed E-state index contributed by atoms with van der Waals surface area (Å²) in [6.45, 7) is 3.74. The summed E-state index contributed by atoms with van der Waals surface area (Å²) in [5.41, 5.74) is 1.96. The second-order valence-corrected chi connectivity index (χ2v) is 5.79. The van der Waals surface area contributed by atoms with Crippen LogP contribution in [0.1, 0.15) is 18.4 Å². The van der Waals surface area contributed by atoms with Crippen LogP contribution < -0.4 is 0 Å². The first-order valence-corrected chi connectivity index (χ1v) is 7.56. The smallest absolute Gasteiger partial charge is 0.136 e. The fourth-order valence-electron chi connectivity index (χ4n) is 2.19. The van der Waals surface area contributed by atoms with Gasteiger partial charge >= 0.3 is 0 Å². The highest BCUT2D eigenvalue weighted by Gasteiger charge is 2.19. The van der Waals surface area contributed by atoms with Crippen LogP contribution in [-0.4, -0.2) is 38.2 Å². The molecule has 0 aromatic heterocycles. The number of aliphatic hydroxyl groups is 1. The minimum absolute atomic E-state index is 0.0256. The number of aromatic hydroxyl groups is 1. The largest absolute Gasteiger partial charge is 0.506 e. The number of hydroxylamine groups is 2. The van der Waals surface area contributed by atoms with E-state index in [1.165, 1.54) is 12.1 Å². The Morgan fingerprint density at radius 1 is 1.22 bits per heavy atom. The second-order valence-electron chi connectivity index (χ2n) is 5.03. The van der Waals surface area contributed by atoms with Gasteiger partial charge < -0.3 is 10.2 Å². The van der Waals surface area contributed by atoms with Gasteiger partial charge in [-0.15, -0.1) is 5.23 Å². The molecule has 0 saturated heterocycles. The molecule has 8 heteroatoms. The maximum absolute atomic E-state index is 9.90. The lowest BCUT2D eigenvalue weighted by Gasteiger charge is -2.20. The fraction of sp³-hybridized carbons (Fsp3) is 0.267. The summed E-state index contributed by atoms with van der Waals surface area (Å²) < 4.78 is 0. The van der Waals surface area contributed by atoms with E-state index in [1.54, 1.807) is 0 Å². The van der Waals surface area contributed by atoms with Crippen LogP contribution in [0.15, 0.2) is 35.0 Å². The van der Waals surface area contributed by atoms with Gasteiger partial charge in [0.15, 0.2) is 0 Å². The Bertz CT molecular complexity index is 699. The average molecular weight is 359 g/mol. The monoisotopic (exact) mass is 358 g/mol. The molecule has 1 aromatic carbocycles. The van der Waals surface area contributed by atoms with Crippen molar-refractivity contribution in [1.29, 1.82) is 0 Å². The number of phenols is 1. The summed E-state index contributed by atoms with van der Waals surface area (Å²) in [5.74, 6) is -0.199. The van der Waals surface area contributed by atoms with Crippen LogP contribution in [0.2, 0.25) is 10.0 Å². The molecule has 0 bridgehead atoms. The normalized spacial score (nSPS) is 16.7. The van der Waals surface area contributed by atoms with E-state index in [9.17, 15) is 5.11 Å². The number of benzene rings is 1. The van der Waals surface area contributed by atoms with Crippen molar-refractivity contribution in [3.8, 4) is 5.75 Å². The van der Waals surface area contributed by atoms with Crippen molar-refractivity contribution in [2.75, 3.05) is 6.61 Å². The van der Waals surface area contributed by atoms with Gasteiger partial charge in [0.25, 0.3) is 0 Å². The molecular weight excluding hydrogens is 343 g/mol. The molecule has 4 N–H and O–H groups in total. The number of nitrogens with zero attached hydrogens (tertiary/aromatic N) is 2.